The van der Waals surface area contributed by atoms with Crippen molar-refractivity contribution >= 4 is 22.9 Å². The number of fused-ring (bicyclic) bond motifs is 1. The van der Waals surface area contributed by atoms with Crippen molar-refractivity contribution in [3.63, 3.8) is 0 Å². The Hall–Kier alpha value is -4.21. The Balaban J connectivity index is 1.52. The molecule has 7 nitrogen and oxygen atoms in total. The predicted molar refractivity (Wildman–Crippen MR) is 122 cm³/mol. The summed E-state index contributed by atoms with van der Waals surface area (Å²) in [5.74, 6) is -0.833. The third-order valence-electron chi connectivity index (χ3n) is 5.34. The third kappa shape index (κ3) is 5.48. The maximum absolute atomic E-state index is 13.5. The van der Waals surface area contributed by atoms with Gasteiger partial charge >= 0.3 is 6.18 Å². The van der Waals surface area contributed by atoms with Gasteiger partial charge in [-0.3, -0.25) is 9.59 Å². The molecule has 2 aromatic carbocycles. The van der Waals surface area contributed by atoms with Crippen molar-refractivity contribution in [2.75, 3.05) is 6.54 Å². The average Bonchev–Trinajstić information content (AvgIpc) is 3.23. The molecule has 180 valence electrons. The lowest BCUT2D eigenvalue weighted by molar-refractivity contribution is -0.137. The number of alkyl halides is 3. The molecule has 2 amide bonds. The molecule has 4 aromatic rings. The molecule has 0 saturated carbocycles. The van der Waals surface area contributed by atoms with Crippen LogP contribution in [0, 0.1) is 6.92 Å². The molecule has 35 heavy (non-hydrogen) atoms. The average molecular weight is 482 g/mol. The number of nitrogens with one attached hydrogen (secondary N) is 2. The van der Waals surface area contributed by atoms with Crippen LogP contribution in [0.25, 0.3) is 22.4 Å². The first kappa shape index (κ1) is 23.9. The molecule has 0 fully saturated rings. The fraction of sp³-hybridized carbons (Fsp3) is 0.200. The largest absolute Gasteiger partial charge is 0.417 e. The van der Waals surface area contributed by atoms with Crippen molar-refractivity contribution in [2.24, 2.45) is 0 Å². The summed E-state index contributed by atoms with van der Waals surface area (Å²) in [5, 5.41) is 9.51. The van der Waals surface area contributed by atoms with Gasteiger partial charge in [0.1, 0.15) is 0 Å². The van der Waals surface area contributed by atoms with Crippen LogP contribution in [0.4, 0.5) is 13.2 Å². The van der Waals surface area contributed by atoms with Crippen LogP contribution in [0.1, 0.15) is 33.6 Å². The molecule has 4 rings (SSSR count). The normalized spacial score (nSPS) is 11.4. The number of hydrogen-bond acceptors (Lipinski definition) is 5. The van der Waals surface area contributed by atoms with Gasteiger partial charge in [-0.05, 0) is 24.6 Å². The van der Waals surface area contributed by atoms with Crippen molar-refractivity contribution < 1.29 is 27.3 Å². The molecule has 0 bridgehead atoms. The van der Waals surface area contributed by atoms with Gasteiger partial charge in [-0.1, -0.05) is 53.7 Å². The summed E-state index contributed by atoms with van der Waals surface area (Å²) in [4.78, 5) is 29.3. The number of carbonyl (C=O) groups is 2. The molecule has 2 aromatic heterocycles. The zero-order chi connectivity index (χ0) is 25.0. The minimum atomic E-state index is -4.61. The van der Waals surface area contributed by atoms with Gasteiger partial charge in [0, 0.05) is 25.1 Å². The molecule has 2 heterocycles. The lowest BCUT2D eigenvalue weighted by Gasteiger charge is -2.13. The summed E-state index contributed by atoms with van der Waals surface area (Å²) in [6.07, 6.45) is -4.58. The van der Waals surface area contributed by atoms with E-state index in [1.165, 1.54) is 24.3 Å². The highest BCUT2D eigenvalue weighted by Gasteiger charge is 2.34. The molecule has 0 aliphatic heterocycles. The SMILES string of the molecule is Cc1noc2nc(-c3ccccc3C(F)(F)F)cc(C(=O)NCCC(=O)NCc3ccccc3)c12. The molecule has 0 spiro atoms. The smallest absolute Gasteiger partial charge is 0.352 e. The highest BCUT2D eigenvalue weighted by molar-refractivity contribution is 6.07. The van der Waals surface area contributed by atoms with Crippen molar-refractivity contribution in [3.05, 3.63) is 83.0 Å². The van der Waals surface area contributed by atoms with E-state index in [0.717, 1.165) is 11.6 Å². The van der Waals surface area contributed by atoms with E-state index in [-0.39, 0.29) is 41.4 Å². The minimum absolute atomic E-state index is 0.0270. The van der Waals surface area contributed by atoms with Crippen LogP contribution in [-0.4, -0.2) is 28.5 Å². The maximum Gasteiger partial charge on any atom is 0.417 e. The van der Waals surface area contributed by atoms with E-state index in [1.807, 2.05) is 30.3 Å². The van der Waals surface area contributed by atoms with Gasteiger partial charge in [0.2, 0.25) is 5.91 Å². The van der Waals surface area contributed by atoms with Crippen LogP contribution in [0.3, 0.4) is 0 Å². The molecule has 0 atom stereocenters. The van der Waals surface area contributed by atoms with Crippen molar-refractivity contribution in [3.8, 4) is 11.3 Å². The number of aryl methyl sites for hydroxylation is 1. The fourth-order valence-corrected chi connectivity index (χ4v) is 3.64. The Morgan fingerprint density at radius 1 is 1.00 bits per heavy atom. The first-order chi connectivity index (χ1) is 16.7. The number of aromatic nitrogens is 2. The second kappa shape index (κ2) is 9.96. The molecule has 10 heteroatoms. The Morgan fingerprint density at radius 2 is 1.71 bits per heavy atom. The lowest BCUT2D eigenvalue weighted by atomic mass is 10.0. The van der Waals surface area contributed by atoms with Crippen molar-refractivity contribution in [2.45, 2.75) is 26.1 Å². The number of amides is 2. The minimum Gasteiger partial charge on any atom is -0.352 e. The first-order valence-corrected chi connectivity index (χ1v) is 10.8. The molecular formula is C25H21F3N4O3. The zero-order valence-corrected chi connectivity index (χ0v) is 18.6. The monoisotopic (exact) mass is 482 g/mol. The highest BCUT2D eigenvalue weighted by atomic mass is 19.4. The van der Waals surface area contributed by atoms with Crippen LogP contribution in [0.2, 0.25) is 0 Å². The number of rotatable bonds is 7. The van der Waals surface area contributed by atoms with Gasteiger partial charge < -0.3 is 15.2 Å². The van der Waals surface area contributed by atoms with E-state index in [2.05, 4.69) is 20.8 Å². The molecule has 0 aliphatic carbocycles. The fourth-order valence-electron chi connectivity index (χ4n) is 3.64. The highest BCUT2D eigenvalue weighted by Crippen LogP contribution is 2.37. The van der Waals surface area contributed by atoms with Crippen LogP contribution in [-0.2, 0) is 17.5 Å². The van der Waals surface area contributed by atoms with Crippen molar-refractivity contribution in [1.82, 2.24) is 20.8 Å². The molecular weight excluding hydrogens is 461 g/mol. The Labute approximate surface area is 198 Å². The first-order valence-electron chi connectivity index (χ1n) is 10.8. The molecule has 0 radical (unpaired) electrons. The quantitative estimate of drug-likeness (QED) is 0.400. The number of hydrogen-bond donors (Lipinski definition) is 2. The second-order valence-electron chi connectivity index (χ2n) is 7.81. The summed E-state index contributed by atoms with van der Waals surface area (Å²) >= 11 is 0. The molecule has 2 N–H and O–H groups in total. The summed E-state index contributed by atoms with van der Waals surface area (Å²) in [7, 11) is 0. The standard InChI is InChI=1S/C25H21F3N4O3/c1-15-22-18(23(34)29-12-11-21(33)30-14-16-7-3-2-4-8-16)13-20(31-24(22)35-32-15)17-9-5-6-10-19(17)25(26,27)28/h2-10,13H,11-12,14H2,1H3,(H,29,34)(H,30,33). The Morgan fingerprint density at radius 3 is 2.46 bits per heavy atom. The summed E-state index contributed by atoms with van der Waals surface area (Å²) in [6, 6.07) is 15.6. The van der Waals surface area contributed by atoms with E-state index in [9.17, 15) is 22.8 Å². The third-order valence-corrected chi connectivity index (χ3v) is 5.34. The summed E-state index contributed by atoms with van der Waals surface area (Å²) in [6.45, 7) is 1.99. The lowest BCUT2D eigenvalue weighted by Crippen LogP contribution is -2.30. The zero-order valence-electron chi connectivity index (χ0n) is 18.6. The predicted octanol–water partition coefficient (Wildman–Crippen LogP) is 4.65. The number of benzene rings is 2. The van der Waals surface area contributed by atoms with Gasteiger partial charge in [-0.15, -0.1) is 0 Å². The topological polar surface area (TPSA) is 97.1 Å². The summed E-state index contributed by atoms with van der Waals surface area (Å²) in [5.41, 5.74) is 0.169. The van der Waals surface area contributed by atoms with E-state index < -0.39 is 17.6 Å². The van der Waals surface area contributed by atoms with E-state index in [0.29, 0.717) is 17.6 Å². The summed E-state index contributed by atoms with van der Waals surface area (Å²) < 4.78 is 45.8. The number of nitrogens with zero attached hydrogens (tertiary/aromatic N) is 2. The molecule has 0 saturated heterocycles. The van der Waals surface area contributed by atoms with Gasteiger partial charge in [-0.25, -0.2) is 4.98 Å². The van der Waals surface area contributed by atoms with E-state index in [1.54, 1.807) is 6.92 Å². The van der Waals surface area contributed by atoms with Crippen molar-refractivity contribution in [1.29, 1.82) is 0 Å². The molecule has 0 unspecified atom stereocenters. The second-order valence-corrected chi connectivity index (χ2v) is 7.81. The van der Waals surface area contributed by atoms with Crippen LogP contribution >= 0.6 is 0 Å². The Bertz CT molecular complexity index is 1370. The van der Waals surface area contributed by atoms with E-state index in [4.69, 9.17) is 4.52 Å². The van der Waals surface area contributed by atoms with Gasteiger partial charge in [0.15, 0.2) is 0 Å². The maximum atomic E-state index is 13.5. The van der Waals surface area contributed by atoms with Gasteiger partial charge in [-0.2, -0.15) is 13.2 Å². The van der Waals surface area contributed by atoms with Crippen LogP contribution in [0.15, 0.2) is 65.2 Å². The van der Waals surface area contributed by atoms with Gasteiger partial charge in [0.05, 0.1) is 27.9 Å². The van der Waals surface area contributed by atoms with Crippen LogP contribution in [0.5, 0.6) is 0 Å². The van der Waals surface area contributed by atoms with Gasteiger partial charge in [0.25, 0.3) is 11.6 Å². The number of pyridine rings is 1. The van der Waals surface area contributed by atoms with E-state index >= 15 is 0 Å². The molecule has 0 aliphatic rings. The Kier molecular flexibility index (Phi) is 6.81. The van der Waals surface area contributed by atoms with Crippen LogP contribution < -0.4 is 10.6 Å². The number of carbonyl (C=O) groups excluding carboxylic acids is 2. The number of halogens is 3.